The molecule has 30 heavy (non-hydrogen) atoms. The Kier molecular flexibility index (Phi) is 5.36. The van der Waals surface area contributed by atoms with Gasteiger partial charge in [0, 0.05) is 28.4 Å². The Morgan fingerprint density at radius 2 is 1.97 bits per heavy atom. The third-order valence-corrected chi connectivity index (χ3v) is 4.70. The highest BCUT2D eigenvalue weighted by atomic mass is 19.1. The first-order valence-electron chi connectivity index (χ1n) is 9.19. The minimum Gasteiger partial charge on any atom is -0.377 e. The zero-order chi connectivity index (χ0) is 21.1. The Balaban J connectivity index is 1.52. The van der Waals surface area contributed by atoms with E-state index in [1.165, 1.54) is 30.5 Å². The van der Waals surface area contributed by atoms with Gasteiger partial charge in [-0.15, -0.1) is 0 Å². The molecule has 0 saturated carbocycles. The molecule has 152 valence electrons. The van der Waals surface area contributed by atoms with Crippen LogP contribution in [0, 0.1) is 11.3 Å². The molecule has 1 aliphatic rings. The molecule has 0 unspecified atom stereocenters. The van der Waals surface area contributed by atoms with Crippen molar-refractivity contribution in [3.63, 3.8) is 0 Å². The first-order chi connectivity index (χ1) is 14.5. The van der Waals surface area contributed by atoms with Crippen LogP contribution in [0.3, 0.4) is 0 Å². The van der Waals surface area contributed by atoms with Crippen LogP contribution in [0.1, 0.15) is 15.9 Å². The Morgan fingerprint density at radius 3 is 2.63 bits per heavy atom. The number of H-pyrrole nitrogens is 1. The molecule has 8 nitrogen and oxygen atoms in total. The zero-order valence-corrected chi connectivity index (χ0v) is 15.7. The van der Waals surface area contributed by atoms with Crippen LogP contribution in [-0.4, -0.2) is 30.1 Å². The van der Waals surface area contributed by atoms with Crippen LogP contribution in [0.2, 0.25) is 0 Å². The van der Waals surface area contributed by atoms with Crippen LogP contribution in [0.15, 0.2) is 64.6 Å². The summed E-state index contributed by atoms with van der Waals surface area (Å²) in [7, 11) is 0. The van der Waals surface area contributed by atoms with Gasteiger partial charge < -0.3 is 20.4 Å². The summed E-state index contributed by atoms with van der Waals surface area (Å²) in [6.07, 6.45) is 1.41. The summed E-state index contributed by atoms with van der Waals surface area (Å²) in [6, 6.07) is 12.3. The van der Waals surface area contributed by atoms with Crippen LogP contribution in [0.25, 0.3) is 16.6 Å². The maximum absolute atomic E-state index is 13.5. The largest absolute Gasteiger partial charge is 0.377 e. The van der Waals surface area contributed by atoms with Crippen molar-refractivity contribution in [2.75, 3.05) is 18.5 Å². The highest BCUT2D eigenvalue weighted by molar-refractivity contribution is 5.94. The number of amides is 1. The van der Waals surface area contributed by atoms with Crippen LogP contribution < -0.4 is 16.2 Å². The summed E-state index contributed by atoms with van der Waals surface area (Å²) < 4.78 is 18.5. The Morgan fingerprint density at radius 1 is 1.20 bits per heavy atom. The molecule has 4 N–H and O–H groups in total. The lowest BCUT2D eigenvalue weighted by atomic mass is 10.1. The first kappa shape index (κ1) is 19.5. The molecule has 2 aromatic carbocycles. The molecule has 2 heterocycles. The van der Waals surface area contributed by atoms with Gasteiger partial charge in [-0.05, 0) is 48.5 Å². The zero-order valence-electron chi connectivity index (χ0n) is 15.7. The minimum atomic E-state index is -0.440. The van der Waals surface area contributed by atoms with Crippen LogP contribution in [-0.2, 0) is 4.74 Å². The molecule has 1 aliphatic heterocycles. The van der Waals surface area contributed by atoms with E-state index in [1.54, 1.807) is 24.3 Å². The van der Waals surface area contributed by atoms with Crippen LogP contribution in [0.5, 0.6) is 0 Å². The van der Waals surface area contributed by atoms with Crippen molar-refractivity contribution in [1.82, 2.24) is 10.3 Å². The lowest BCUT2D eigenvalue weighted by Crippen LogP contribution is -2.48. The van der Waals surface area contributed by atoms with Crippen molar-refractivity contribution in [3.8, 4) is 0 Å². The number of fused-ring (bicyclic) bond motifs is 1. The van der Waals surface area contributed by atoms with Gasteiger partial charge in [0.05, 0.1) is 24.8 Å². The number of rotatable bonds is 6. The molecule has 4 rings (SSSR count). The second-order valence-electron chi connectivity index (χ2n) is 6.81. The predicted molar refractivity (Wildman–Crippen MR) is 110 cm³/mol. The summed E-state index contributed by atoms with van der Waals surface area (Å²) in [5, 5.41) is 9.72. The standard InChI is InChI=1S/C21H18FN5O3/c22-14-3-6-18-13(7-14)8-17(21(29)26-18)19(27-23)9-24-15-4-1-12(2-5-15)20(28)25-16-10-30-11-16/h1-9,16,23-24H,10-11H2,(H,25,28)(H,26,29)/b19-9-,27-23?. The van der Waals surface area contributed by atoms with Gasteiger partial charge in [0.2, 0.25) is 0 Å². The molecule has 3 aromatic rings. The molecule has 0 atom stereocenters. The molecular weight excluding hydrogens is 389 g/mol. The molecule has 0 radical (unpaired) electrons. The number of halogens is 1. The van der Waals surface area contributed by atoms with E-state index in [4.69, 9.17) is 10.3 Å². The summed E-state index contributed by atoms with van der Waals surface area (Å²) in [5.74, 6) is -0.608. The fraction of sp³-hybridized carbons (Fsp3) is 0.143. The van der Waals surface area contributed by atoms with E-state index in [1.807, 2.05) is 0 Å². The first-order valence-corrected chi connectivity index (χ1v) is 9.19. The number of ether oxygens (including phenoxy) is 1. The Labute approximate surface area is 170 Å². The molecular formula is C21H18FN5O3. The number of carbonyl (C=O) groups is 1. The maximum atomic E-state index is 13.5. The number of anilines is 1. The van der Waals surface area contributed by atoms with Gasteiger partial charge in [-0.3, -0.25) is 9.59 Å². The third kappa shape index (κ3) is 4.11. The molecule has 0 bridgehead atoms. The van der Waals surface area contributed by atoms with Gasteiger partial charge in [0.25, 0.3) is 11.5 Å². The number of nitrogens with one attached hydrogen (secondary N) is 4. The number of hydrogen-bond acceptors (Lipinski definition) is 6. The van der Waals surface area contributed by atoms with Crippen molar-refractivity contribution in [1.29, 1.82) is 5.53 Å². The highest BCUT2D eigenvalue weighted by Gasteiger charge is 2.20. The smallest absolute Gasteiger partial charge is 0.258 e. The highest BCUT2D eigenvalue weighted by Crippen LogP contribution is 2.19. The average molecular weight is 407 g/mol. The van der Waals surface area contributed by atoms with E-state index in [2.05, 4.69) is 20.7 Å². The third-order valence-electron chi connectivity index (χ3n) is 4.70. The van der Waals surface area contributed by atoms with Gasteiger partial charge in [-0.1, -0.05) is 0 Å². The number of benzene rings is 2. The lowest BCUT2D eigenvalue weighted by molar-refractivity contribution is -0.00346. The van der Waals surface area contributed by atoms with Crippen molar-refractivity contribution < 1.29 is 13.9 Å². The number of aromatic nitrogens is 1. The predicted octanol–water partition coefficient (Wildman–Crippen LogP) is 3.24. The fourth-order valence-corrected chi connectivity index (χ4v) is 3.00. The molecule has 0 aliphatic carbocycles. The van der Waals surface area contributed by atoms with Crippen molar-refractivity contribution >= 4 is 28.2 Å². The van der Waals surface area contributed by atoms with E-state index in [-0.39, 0.29) is 23.2 Å². The van der Waals surface area contributed by atoms with Crippen LogP contribution in [0.4, 0.5) is 10.1 Å². The number of aromatic amines is 1. The fourth-order valence-electron chi connectivity index (χ4n) is 3.00. The van der Waals surface area contributed by atoms with Gasteiger partial charge in [-0.2, -0.15) is 5.11 Å². The SMILES string of the molecule is N=N/C(=C\Nc1ccc(C(=O)NC2COC2)cc1)c1cc2cc(F)ccc2[nH]c1=O. The quantitative estimate of drug-likeness (QED) is 0.469. The van der Waals surface area contributed by atoms with Crippen molar-refractivity contribution in [2.24, 2.45) is 5.11 Å². The molecule has 9 heteroatoms. The Hall–Kier alpha value is -3.85. The van der Waals surface area contributed by atoms with Gasteiger partial charge in [0.1, 0.15) is 11.5 Å². The summed E-state index contributed by atoms with van der Waals surface area (Å²) in [6.45, 7) is 1.05. The maximum Gasteiger partial charge on any atom is 0.258 e. The van der Waals surface area contributed by atoms with Gasteiger partial charge >= 0.3 is 0 Å². The van der Waals surface area contributed by atoms with E-state index in [9.17, 15) is 14.0 Å². The normalized spacial score (nSPS) is 14.2. The Bertz CT molecular complexity index is 1200. The number of pyridine rings is 1. The van der Waals surface area contributed by atoms with Gasteiger partial charge in [-0.25, -0.2) is 9.92 Å². The van der Waals surface area contributed by atoms with Gasteiger partial charge in [0.15, 0.2) is 0 Å². The average Bonchev–Trinajstić information content (AvgIpc) is 2.72. The van der Waals surface area contributed by atoms with E-state index in [0.29, 0.717) is 35.4 Å². The molecule has 1 aromatic heterocycles. The second kappa shape index (κ2) is 8.26. The second-order valence-corrected chi connectivity index (χ2v) is 6.81. The van der Waals surface area contributed by atoms with Crippen molar-refractivity contribution in [3.05, 3.63) is 82.0 Å². The molecule has 0 spiro atoms. The number of nitrogens with zero attached hydrogens (tertiary/aromatic N) is 1. The molecule has 1 amide bonds. The topological polar surface area (TPSA) is 119 Å². The minimum absolute atomic E-state index is 0.0491. The summed E-state index contributed by atoms with van der Waals surface area (Å²) >= 11 is 0. The number of carbonyl (C=O) groups excluding carboxylic acids is 1. The summed E-state index contributed by atoms with van der Waals surface area (Å²) in [5.41, 5.74) is 8.83. The number of hydrogen-bond donors (Lipinski definition) is 4. The van der Waals surface area contributed by atoms with E-state index < -0.39 is 11.4 Å². The molecule has 1 fully saturated rings. The lowest BCUT2D eigenvalue weighted by Gasteiger charge is -2.26. The monoisotopic (exact) mass is 407 g/mol. The molecule has 1 saturated heterocycles. The van der Waals surface area contributed by atoms with E-state index in [0.717, 1.165) is 0 Å². The summed E-state index contributed by atoms with van der Waals surface area (Å²) in [4.78, 5) is 27.1. The van der Waals surface area contributed by atoms with Crippen molar-refractivity contribution in [2.45, 2.75) is 6.04 Å². The van der Waals surface area contributed by atoms with Crippen LogP contribution >= 0.6 is 0 Å². The van der Waals surface area contributed by atoms with E-state index >= 15 is 0 Å².